The van der Waals surface area contributed by atoms with Crippen molar-refractivity contribution in [1.29, 1.82) is 0 Å². The predicted octanol–water partition coefficient (Wildman–Crippen LogP) is 4.68. The molecule has 0 aliphatic heterocycles. The molecule has 4 rings (SSSR count). The monoisotopic (exact) mass is 344 g/mol. The van der Waals surface area contributed by atoms with Crippen molar-refractivity contribution >= 4 is 16.7 Å². The second-order valence-corrected chi connectivity index (χ2v) is 6.49. The average molecular weight is 344 g/mol. The van der Waals surface area contributed by atoms with E-state index in [4.69, 9.17) is 0 Å². The van der Waals surface area contributed by atoms with Gasteiger partial charge in [-0.1, -0.05) is 41.5 Å². The van der Waals surface area contributed by atoms with Gasteiger partial charge in [0.1, 0.15) is 6.54 Å². The molecular formula is C21H22N5+. The third-order valence-electron chi connectivity index (χ3n) is 4.80. The van der Waals surface area contributed by atoms with Crippen LogP contribution in [0.3, 0.4) is 0 Å². The van der Waals surface area contributed by atoms with E-state index in [9.17, 15) is 0 Å². The van der Waals surface area contributed by atoms with Crippen LogP contribution in [0.5, 0.6) is 0 Å². The van der Waals surface area contributed by atoms with E-state index in [1.807, 2.05) is 31.3 Å². The summed E-state index contributed by atoms with van der Waals surface area (Å²) in [5.74, 6) is 0.827. The van der Waals surface area contributed by atoms with Crippen LogP contribution in [-0.4, -0.2) is 9.67 Å². The minimum atomic E-state index is 0.554. The van der Waals surface area contributed by atoms with Gasteiger partial charge in [0.05, 0.1) is 16.9 Å². The number of azo groups is 1. The first-order chi connectivity index (χ1) is 12.6. The zero-order chi connectivity index (χ0) is 18.1. The maximum absolute atomic E-state index is 4.54. The van der Waals surface area contributed by atoms with Crippen molar-refractivity contribution in [2.45, 2.75) is 20.4 Å². The first-order valence-electron chi connectivity index (χ1n) is 8.73. The van der Waals surface area contributed by atoms with E-state index >= 15 is 0 Å². The molecule has 2 heterocycles. The van der Waals surface area contributed by atoms with Crippen molar-refractivity contribution in [1.82, 2.24) is 9.67 Å². The van der Waals surface area contributed by atoms with Crippen molar-refractivity contribution in [2.24, 2.45) is 17.3 Å². The maximum atomic E-state index is 4.54. The fourth-order valence-electron chi connectivity index (χ4n) is 3.32. The number of hydrogen-bond donors (Lipinski definition) is 1. The first kappa shape index (κ1) is 16.3. The van der Waals surface area contributed by atoms with Gasteiger partial charge < -0.3 is 4.98 Å². The number of para-hydroxylation sites is 2. The third kappa shape index (κ3) is 2.81. The summed E-state index contributed by atoms with van der Waals surface area (Å²) in [7, 11) is 2.03. The lowest BCUT2D eigenvalue weighted by molar-refractivity contribution is -0.670. The summed E-state index contributed by atoms with van der Waals surface area (Å²) in [4.78, 5) is 3.42. The summed E-state index contributed by atoms with van der Waals surface area (Å²) >= 11 is 0. The van der Waals surface area contributed by atoms with E-state index in [0.717, 1.165) is 28.4 Å². The molecule has 0 saturated carbocycles. The molecule has 0 atom stereocenters. The molecule has 130 valence electrons. The van der Waals surface area contributed by atoms with Crippen LogP contribution in [0.2, 0.25) is 0 Å². The van der Waals surface area contributed by atoms with Crippen LogP contribution in [0.1, 0.15) is 17.0 Å². The van der Waals surface area contributed by atoms with Gasteiger partial charge in [-0.15, -0.1) is 4.68 Å². The Balaban J connectivity index is 1.68. The third-order valence-corrected chi connectivity index (χ3v) is 4.80. The maximum Gasteiger partial charge on any atom is 0.375 e. The van der Waals surface area contributed by atoms with E-state index < -0.39 is 0 Å². The lowest BCUT2D eigenvalue weighted by Crippen LogP contribution is -2.39. The molecule has 2 aromatic heterocycles. The van der Waals surface area contributed by atoms with Crippen LogP contribution in [0, 0.1) is 13.8 Å². The number of nitrogens with zero attached hydrogens (tertiary/aromatic N) is 4. The highest BCUT2D eigenvalue weighted by Crippen LogP contribution is 2.23. The molecule has 0 unspecified atom stereocenters. The van der Waals surface area contributed by atoms with Crippen molar-refractivity contribution < 1.29 is 4.68 Å². The highest BCUT2D eigenvalue weighted by molar-refractivity contribution is 5.84. The zero-order valence-electron chi connectivity index (χ0n) is 15.3. The number of H-pyrrole nitrogens is 1. The van der Waals surface area contributed by atoms with Crippen LogP contribution >= 0.6 is 0 Å². The summed E-state index contributed by atoms with van der Waals surface area (Å²) in [6.07, 6.45) is 0. The van der Waals surface area contributed by atoms with Crippen molar-refractivity contribution in [3.05, 3.63) is 77.6 Å². The Morgan fingerprint density at radius 1 is 1.00 bits per heavy atom. The molecule has 1 N–H and O–H groups in total. The Labute approximate surface area is 152 Å². The number of aromatic nitrogens is 3. The second kappa shape index (κ2) is 6.59. The van der Waals surface area contributed by atoms with Crippen LogP contribution in [0.25, 0.3) is 16.6 Å². The van der Waals surface area contributed by atoms with Crippen LogP contribution in [-0.2, 0) is 13.6 Å². The molecule has 26 heavy (non-hydrogen) atoms. The zero-order valence-corrected chi connectivity index (χ0v) is 15.3. The Bertz CT molecular complexity index is 1090. The van der Waals surface area contributed by atoms with Crippen LogP contribution in [0.4, 0.5) is 5.82 Å². The summed E-state index contributed by atoms with van der Waals surface area (Å²) < 4.78 is 4.15. The fraction of sp³-hybridized carbons (Fsp3) is 0.190. The number of rotatable bonds is 4. The van der Waals surface area contributed by atoms with Crippen molar-refractivity contribution in [3.8, 4) is 5.69 Å². The van der Waals surface area contributed by atoms with Gasteiger partial charge in [0.15, 0.2) is 5.69 Å². The molecule has 0 bridgehead atoms. The Hall–Kier alpha value is -3.21. The number of benzene rings is 2. The highest BCUT2D eigenvalue weighted by Gasteiger charge is 2.19. The first-order valence-corrected chi connectivity index (χ1v) is 8.73. The Morgan fingerprint density at radius 2 is 1.73 bits per heavy atom. The summed E-state index contributed by atoms with van der Waals surface area (Å²) in [5.41, 5.74) is 5.69. The van der Waals surface area contributed by atoms with Crippen molar-refractivity contribution in [3.63, 3.8) is 0 Å². The molecule has 0 aliphatic rings. The standard InChI is InChI=1S/C21H22N5/c1-15-13-21(26(25(15)3)17-9-5-4-6-10-17)24-22-14-19-16(2)23-20-12-8-7-11-18(19)20/h4-13,23H,14H2,1-3H3/q+1. The second-order valence-electron chi connectivity index (χ2n) is 6.49. The minimum Gasteiger partial charge on any atom is -0.358 e. The SMILES string of the molecule is Cc1[nH]c2ccccc2c1CN=Nc1cc(C)n(C)[n+]1-c1ccccc1. The molecule has 0 aliphatic carbocycles. The number of nitrogens with one attached hydrogen (secondary N) is 1. The van der Waals surface area contributed by atoms with Crippen LogP contribution < -0.4 is 4.68 Å². The lowest BCUT2D eigenvalue weighted by atomic mass is 10.1. The van der Waals surface area contributed by atoms with E-state index in [2.05, 4.69) is 74.8 Å². The van der Waals surface area contributed by atoms with Gasteiger partial charge in [-0.3, -0.25) is 0 Å². The molecule has 0 spiro atoms. The normalized spacial score (nSPS) is 11.7. The van der Waals surface area contributed by atoms with E-state index in [1.165, 1.54) is 10.9 Å². The quantitative estimate of drug-likeness (QED) is 0.413. The summed E-state index contributed by atoms with van der Waals surface area (Å²) in [5, 5.41) is 10.3. The lowest BCUT2D eigenvalue weighted by Gasteiger charge is -2.02. The van der Waals surface area contributed by atoms with Gasteiger partial charge in [0, 0.05) is 29.2 Å². The van der Waals surface area contributed by atoms with Gasteiger partial charge >= 0.3 is 5.82 Å². The fourth-order valence-corrected chi connectivity index (χ4v) is 3.32. The van der Waals surface area contributed by atoms with E-state index in [1.54, 1.807) is 0 Å². The van der Waals surface area contributed by atoms with Gasteiger partial charge in [0.25, 0.3) is 0 Å². The average Bonchev–Trinajstić information content (AvgIpc) is 3.12. The summed E-state index contributed by atoms with van der Waals surface area (Å²) in [6.45, 7) is 4.71. The predicted molar refractivity (Wildman–Crippen MR) is 103 cm³/mol. The number of aromatic amines is 1. The highest BCUT2D eigenvalue weighted by atomic mass is 15.4. The van der Waals surface area contributed by atoms with E-state index in [-0.39, 0.29) is 0 Å². The molecule has 0 radical (unpaired) electrons. The Kier molecular flexibility index (Phi) is 4.13. The molecule has 5 heteroatoms. The Morgan fingerprint density at radius 3 is 2.54 bits per heavy atom. The minimum absolute atomic E-state index is 0.554. The van der Waals surface area contributed by atoms with Gasteiger partial charge in [-0.2, -0.15) is 0 Å². The largest absolute Gasteiger partial charge is 0.375 e. The van der Waals surface area contributed by atoms with Gasteiger partial charge in [-0.05, 0) is 32.0 Å². The summed E-state index contributed by atoms with van der Waals surface area (Å²) in [6, 6.07) is 20.6. The van der Waals surface area contributed by atoms with Crippen molar-refractivity contribution in [2.75, 3.05) is 0 Å². The smallest absolute Gasteiger partial charge is 0.358 e. The number of hydrogen-bond acceptors (Lipinski definition) is 2. The van der Waals surface area contributed by atoms with Gasteiger partial charge in [-0.25, -0.2) is 4.68 Å². The van der Waals surface area contributed by atoms with E-state index in [0.29, 0.717) is 6.54 Å². The number of aryl methyl sites for hydroxylation is 2. The molecule has 5 nitrogen and oxygen atoms in total. The molecule has 0 fully saturated rings. The molecule has 2 aromatic carbocycles. The van der Waals surface area contributed by atoms with Gasteiger partial charge in [0.2, 0.25) is 0 Å². The molecular weight excluding hydrogens is 322 g/mol. The van der Waals surface area contributed by atoms with Crippen LogP contribution in [0.15, 0.2) is 70.9 Å². The molecule has 0 saturated heterocycles. The molecule has 4 aromatic rings. The number of fused-ring (bicyclic) bond motifs is 1. The molecule has 0 amide bonds. The topological polar surface area (TPSA) is 49.3 Å².